The highest BCUT2D eigenvalue weighted by molar-refractivity contribution is 5.30. The summed E-state index contributed by atoms with van der Waals surface area (Å²) < 4.78 is 8.94. The van der Waals surface area contributed by atoms with Crippen LogP contribution in [-0.4, -0.2) is 44.1 Å². The summed E-state index contributed by atoms with van der Waals surface area (Å²) in [6, 6.07) is 0.216. The molecule has 110 valence electrons. The van der Waals surface area contributed by atoms with Crippen LogP contribution < -0.4 is 5.32 Å². The lowest BCUT2D eigenvalue weighted by molar-refractivity contribution is 0.190. The Balaban J connectivity index is 2.00. The van der Waals surface area contributed by atoms with Gasteiger partial charge in [-0.15, -0.1) is 0 Å². The van der Waals surface area contributed by atoms with Gasteiger partial charge in [0.05, 0.1) is 12.3 Å². The summed E-state index contributed by atoms with van der Waals surface area (Å²) >= 11 is 0. The van der Waals surface area contributed by atoms with Gasteiger partial charge in [0, 0.05) is 39.4 Å². The molecule has 0 radical (unpaired) electrons. The third-order valence-electron chi connectivity index (χ3n) is 2.91. The number of hydrogen-bond donors (Lipinski definition) is 1. The summed E-state index contributed by atoms with van der Waals surface area (Å²) in [6.07, 6.45) is 4.53. The van der Waals surface area contributed by atoms with Crippen molar-refractivity contribution in [3.63, 3.8) is 0 Å². The fourth-order valence-electron chi connectivity index (χ4n) is 2.06. The number of aromatic nitrogens is 5. The third-order valence-corrected chi connectivity index (χ3v) is 2.91. The van der Waals surface area contributed by atoms with E-state index in [2.05, 4.69) is 31.9 Å². The molecule has 0 aromatic carbocycles. The van der Waals surface area contributed by atoms with E-state index in [1.807, 2.05) is 20.2 Å². The SMILES string of the molecule is COCC(C)Nc1nc(C)cn1CCc1ncn(C)n1. The molecule has 0 saturated heterocycles. The molecule has 2 aromatic heterocycles. The average molecular weight is 278 g/mol. The van der Waals surface area contributed by atoms with Gasteiger partial charge in [-0.05, 0) is 13.8 Å². The average Bonchev–Trinajstić information content (AvgIpc) is 2.93. The van der Waals surface area contributed by atoms with Gasteiger partial charge in [-0.3, -0.25) is 4.68 Å². The smallest absolute Gasteiger partial charge is 0.203 e. The molecule has 7 nitrogen and oxygen atoms in total. The van der Waals surface area contributed by atoms with E-state index in [1.54, 1.807) is 18.1 Å². The highest BCUT2D eigenvalue weighted by atomic mass is 16.5. The predicted octanol–water partition coefficient (Wildman–Crippen LogP) is 1.01. The van der Waals surface area contributed by atoms with Crippen LogP contribution in [-0.2, 0) is 24.8 Å². The maximum Gasteiger partial charge on any atom is 0.203 e. The number of methoxy groups -OCH3 is 1. The standard InChI is InChI=1S/C13H22N6O/c1-10-7-19(6-5-12-14-9-18(3)17-12)13(15-10)16-11(2)8-20-4/h7,9,11H,5-6,8H2,1-4H3,(H,15,16). The molecule has 0 fully saturated rings. The van der Waals surface area contributed by atoms with E-state index in [0.717, 1.165) is 30.4 Å². The van der Waals surface area contributed by atoms with Crippen LogP contribution in [0.5, 0.6) is 0 Å². The second kappa shape index (κ2) is 6.51. The molecule has 0 bridgehead atoms. The molecule has 7 heteroatoms. The third kappa shape index (κ3) is 3.80. The van der Waals surface area contributed by atoms with Crippen LogP contribution in [0, 0.1) is 6.92 Å². The molecule has 0 aliphatic heterocycles. The number of ether oxygens (including phenoxy) is 1. The van der Waals surface area contributed by atoms with Crippen LogP contribution in [0.4, 0.5) is 5.95 Å². The summed E-state index contributed by atoms with van der Waals surface area (Å²) in [7, 11) is 3.57. The van der Waals surface area contributed by atoms with Gasteiger partial charge in [0.2, 0.25) is 5.95 Å². The number of aryl methyl sites for hydroxylation is 4. The van der Waals surface area contributed by atoms with Crippen molar-refractivity contribution >= 4 is 5.95 Å². The van der Waals surface area contributed by atoms with E-state index in [0.29, 0.717) is 6.61 Å². The second-order valence-electron chi connectivity index (χ2n) is 4.98. The van der Waals surface area contributed by atoms with Crippen LogP contribution in [0.15, 0.2) is 12.5 Å². The minimum absolute atomic E-state index is 0.216. The Labute approximate surface area is 119 Å². The van der Waals surface area contributed by atoms with Gasteiger partial charge in [-0.25, -0.2) is 9.97 Å². The van der Waals surface area contributed by atoms with Gasteiger partial charge < -0.3 is 14.6 Å². The molecular weight excluding hydrogens is 256 g/mol. The molecule has 1 N–H and O–H groups in total. The van der Waals surface area contributed by atoms with E-state index < -0.39 is 0 Å². The first-order valence-electron chi connectivity index (χ1n) is 6.72. The van der Waals surface area contributed by atoms with Gasteiger partial charge in [0.25, 0.3) is 0 Å². The number of imidazole rings is 1. The molecule has 0 spiro atoms. The fourth-order valence-corrected chi connectivity index (χ4v) is 2.06. The summed E-state index contributed by atoms with van der Waals surface area (Å²) in [5, 5.41) is 7.64. The maximum absolute atomic E-state index is 5.13. The van der Waals surface area contributed by atoms with Crippen molar-refractivity contribution < 1.29 is 4.74 Å². The Morgan fingerprint density at radius 1 is 1.45 bits per heavy atom. The highest BCUT2D eigenvalue weighted by Gasteiger charge is 2.10. The van der Waals surface area contributed by atoms with E-state index in [9.17, 15) is 0 Å². The molecule has 1 unspecified atom stereocenters. The number of nitrogens with zero attached hydrogens (tertiary/aromatic N) is 5. The first-order valence-corrected chi connectivity index (χ1v) is 6.72. The topological polar surface area (TPSA) is 69.8 Å². The molecule has 0 aliphatic carbocycles. The summed E-state index contributed by atoms with van der Waals surface area (Å²) in [4.78, 5) is 8.74. The van der Waals surface area contributed by atoms with Crippen LogP contribution >= 0.6 is 0 Å². The van der Waals surface area contributed by atoms with E-state index >= 15 is 0 Å². The quantitative estimate of drug-likeness (QED) is 0.818. The second-order valence-corrected chi connectivity index (χ2v) is 4.98. The molecule has 2 rings (SSSR count). The highest BCUT2D eigenvalue weighted by Crippen LogP contribution is 2.11. The Morgan fingerprint density at radius 3 is 2.90 bits per heavy atom. The van der Waals surface area contributed by atoms with Crippen LogP contribution in [0.1, 0.15) is 18.4 Å². The van der Waals surface area contributed by atoms with Crippen molar-refractivity contribution in [1.29, 1.82) is 0 Å². The normalized spacial score (nSPS) is 12.6. The van der Waals surface area contributed by atoms with Crippen molar-refractivity contribution in [1.82, 2.24) is 24.3 Å². The zero-order chi connectivity index (χ0) is 14.5. The first-order chi connectivity index (χ1) is 9.58. The molecule has 20 heavy (non-hydrogen) atoms. The molecule has 2 heterocycles. The summed E-state index contributed by atoms with van der Waals surface area (Å²) in [6.45, 7) is 5.50. The van der Waals surface area contributed by atoms with Crippen molar-refractivity contribution in [2.75, 3.05) is 19.0 Å². The monoisotopic (exact) mass is 278 g/mol. The van der Waals surface area contributed by atoms with Gasteiger partial charge in [-0.1, -0.05) is 0 Å². The Kier molecular flexibility index (Phi) is 4.73. The number of rotatable bonds is 7. The lowest BCUT2D eigenvalue weighted by atomic mass is 10.3. The van der Waals surface area contributed by atoms with Crippen molar-refractivity contribution in [2.24, 2.45) is 7.05 Å². The molecule has 0 saturated carbocycles. The van der Waals surface area contributed by atoms with Crippen molar-refractivity contribution in [2.45, 2.75) is 32.9 Å². The van der Waals surface area contributed by atoms with Gasteiger partial charge in [-0.2, -0.15) is 5.10 Å². The summed E-state index contributed by atoms with van der Waals surface area (Å²) in [5.41, 5.74) is 0.992. The van der Waals surface area contributed by atoms with Gasteiger partial charge in [0.1, 0.15) is 6.33 Å². The molecule has 1 atom stereocenters. The summed E-state index contributed by atoms with van der Waals surface area (Å²) in [5.74, 6) is 1.71. The minimum Gasteiger partial charge on any atom is -0.383 e. The number of hydrogen-bond acceptors (Lipinski definition) is 5. The number of nitrogens with one attached hydrogen (secondary N) is 1. The van der Waals surface area contributed by atoms with Crippen LogP contribution in [0.2, 0.25) is 0 Å². The fraction of sp³-hybridized carbons (Fsp3) is 0.615. The molecule has 0 amide bonds. The lowest BCUT2D eigenvalue weighted by Gasteiger charge is -2.14. The Hall–Kier alpha value is -1.89. The minimum atomic E-state index is 0.216. The van der Waals surface area contributed by atoms with Crippen molar-refractivity contribution in [3.8, 4) is 0 Å². The van der Waals surface area contributed by atoms with Crippen molar-refractivity contribution in [3.05, 3.63) is 24.0 Å². The Bertz CT molecular complexity index is 547. The van der Waals surface area contributed by atoms with Crippen LogP contribution in [0.25, 0.3) is 0 Å². The molecular formula is C13H22N6O. The lowest BCUT2D eigenvalue weighted by Crippen LogP contribution is -2.23. The van der Waals surface area contributed by atoms with E-state index in [4.69, 9.17) is 4.74 Å². The largest absolute Gasteiger partial charge is 0.383 e. The van der Waals surface area contributed by atoms with Gasteiger partial charge >= 0.3 is 0 Å². The zero-order valence-corrected chi connectivity index (χ0v) is 12.5. The predicted molar refractivity (Wildman–Crippen MR) is 76.6 cm³/mol. The van der Waals surface area contributed by atoms with Crippen LogP contribution in [0.3, 0.4) is 0 Å². The van der Waals surface area contributed by atoms with E-state index in [1.165, 1.54) is 0 Å². The number of anilines is 1. The van der Waals surface area contributed by atoms with E-state index in [-0.39, 0.29) is 6.04 Å². The first kappa shape index (κ1) is 14.5. The molecule has 2 aromatic rings. The Morgan fingerprint density at radius 2 is 2.25 bits per heavy atom. The molecule has 0 aliphatic rings. The zero-order valence-electron chi connectivity index (χ0n) is 12.5. The maximum atomic E-state index is 5.13. The van der Waals surface area contributed by atoms with Gasteiger partial charge in [0.15, 0.2) is 5.82 Å².